The number of likely N-dealkylation sites (tertiary alicyclic amines) is 1. The lowest BCUT2D eigenvalue weighted by molar-refractivity contribution is -0.132. The van der Waals surface area contributed by atoms with Crippen molar-refractivity contribution < 1.29 is 14.4 Å². The molecule has 0 saturated carbocycles. The molecule has 29 heavy (non-hydrogen) atoms. The highest BCUT2D eigenvalue weighted by molar-refractivity contribution is 6.30. The fourth-order valence-corrected chi connectivity index (χ4v) is 3.87. The number of piperazine rings is 1. The Labute approximate surface area is 177 Å². The quantitative estimate of drug-likeness (QED) is 0.640. The summed E-state index contributed by atoms with van der Waals surface area (Å²) < 4.78 is 0. The Bertz CT molecular complexity index is 717. The minimum Gasteiger partial charge on any atom is -0.355 e. The number of halogens is 1. The van der Waals surface area contributed by atoms with E-state index in [2.05, 4.69) is 10.2 Å². The summed E-state index contributed by atoms with van der Waals surface area (Å²) in [6, 6.07) is 7.34. The zero-order valence-corrected chi connectivity index (χ0v) is 17.5. The van der Waals surface area contributed by atoms with Gasteiger partial charge >= 0.3 is 0 Å². The molecular weight excluding hydrogens is 392 g/mol. The van der Waals surface area contributed by atoms with E-state index in [0.29, 0.717) is 63.7 Å². The van der Waals surface area contributed by atoms with Gasteiger partial charge in [-0.3, -0.25) is 19.3 Å². The van der Waals surface area contributed by atoms with Crippen LogP contribution in [-0.4, -0.2) is 84.8 Å². The molecule has 0 radical (unpaired) electrons. The normalized spacial score (nSPS) is 17.6. The van der Waals surface area contributed by atoms with Crippen LogP contribution in [0.15, 0.2) is 24.3 Å². The highest BCUT2D eigenvalue weighted by atomic mass is 35.5. The third-order valence-electron chi connectivity index (χ3n) is 5.46. The Morgan fingerprint density at radius 3 is 2.41 bits per heavy atom. The number of hydrogen-bond acceptors (Lipinski definition) is 4. The van der Waals surface area contributed by atoms with Crippen LogP contribution in [-0.2, 0) is 20.8 Å². The standard InChI is InChI=1S/C21H29ClN4O3/c22-18-6-4-17(5-7-18)15-21(29)26-13-11-24(12-14-26)16-19(27)23-8-2-10-25-9-1-3-20(25)28/h4-7H,1-3,8-16H2,(H,23,27). The number of hydrogen-bond donors (Lipinski definition) is 1. The molecule has 0 unspecified atom stereocenters. The van der Waals surface area contributed by atoms with E-state index in [4.69, 9.17) is 11.6 Å². The minimum absolute atomic E-state index is 0.00121. The Hall–Kier alpha value is -2.12. The van der Waals surface area contributed by atoms with Crippen molar-refractivity contribution in [1.29, 1.82) is 0 Å². The number of rotatable bonds is 8. The zero-order chi connectivity index (χ0) is 20.6. The van der Waals surface area contributed by atoms with Crippen LogP contribution >= 0.6 is 11.6 Å². The molecule has 0 bridgehead atoms. The van der Waals surface area contributed by atoms with Crippen molar-refractivity contribution in [2.45, 2.75) is 25.7 Å². The molecule has 0 spiro atoms. The number of carbonyl (C=O) groups excluding carboxylic acids is 3. The molecule has 1 N–H and O–H groups in total. The highest BCUT2D eigenvalue weighted by Gasteiger charge is 2.23. The van der Waals surface area contributed by atoms with Crippen LogP contribution in [0.25, 0.3) is 0 Å². The number of carbonyl (C=O) groups is 3. The highest BCUT2D eigenvalue weighted by Crippen LogP contribution is 2.12. The lowest BCUT2D eigenvalue weighted by atomic mass is 10.1. The van der Waals surface area contributed by atoms with Crippen molar-refractivity contribution in [1.82, 2.24) is 20.0 Å². The van der Waals surface area contributed by atoms with E-state index in [1.807, 2.05) is 21.9 Å². The molecule has 2 fully saturated rings. The van der Waals surface area contributed by atoms with Gasteiger partial charge in [0.15, 0.2) is 0 Å². The molecule has 7 nitrogen and oxygen atoms in total. The van der Waals surface area contributed by atoms with E-state index in [0.717, 1.165) is 24.9 Å². The van der Waals surface area contributed by atoms with Crippen LogP contribution in [0.1, 0.15) is 24.8 Å². The van der Waals surface area contributed by atoms with Crippen LogP contribution < -0.4 is 5.32 Å². The third kappa shape index (κ3) is 6.72. The van der Waals surface area contributed by atoms with Crippen molar-refractivity contribution in [3.05, 3.63) is 34.9 Å². The van der Waals surface area contributed by atoms with Crippen LogP contribution in [0, 0.1) is 0 Å². The molecule has 3 rings (SSSR count). The number of benzene rings is 1. The van der Waals surface area contributed by atoms with Crippen LogP contribution in [0.2, 0.25) is 5.02 Å². The van der Waals surface area contributed by atoms with Crippen molar-refractivity contribution in [3.63, 3.8) is 0 Å². The molecule has 1 aromatic rings. The summed E-state index contributed by atoms with van der Waals surface area (Å²) in [6.45, 7) is 5.16. The average molecular weight is 421 g/mol. The molecule has 2 saturated heterocycles. The molecule has 3 amide bonds. The average Bonchev–Trinajstić information content (AvgIpc) is 3.12. The number of nitrogens with one attached hydrogen (secondary N) is 1. The summed E-state index contributed by atoms with van der Waals surface area (Å²) in [5.41, 5.74) is 0.955. The third-order valence-corrected chi connectivity index (χ3v) is 5.71. The van der Waals surface area contributed by atoms with Gasteiger partial charge in [0.25, 0.3) is 0 Å². The zero-order valence-electron chi connectivity index (χ0n) is 16.7. The maximum atomic E-state index is 12.5. The van der Waals surface area contributed by atoms with Gasteiger partial charge < -0.3 is 15.1 Å². The van der Waals surface area contributed by atoms with Gasteiger partial charge in [-0.1, -0.05) is 23.7 Å². The van der Waals surface area contributed by atoms with E-state index in [9.17, 15) is 14.4 Å². The molecule has 2 aliphatic rings. The predicted octanol–water partition coefficient (Wildman–Crippen LogP) is 1.16. The summed E-state index contributed by atoms with van der Waals surface area (Å²) in [7, 11) is 0. The monoisotopic (exact) mass is 420 g/mol. The van der Waals surface area contributed by atoms with Crippen molar-refractivity contribution in [2.24, 2.45) is 0 Å². The molecule has 158 valence electrons. The predicted molar refractivity (Wildman–Crippen MR) is 112 cm³/mol. The second-order valence-corrected chi connectivity index (χ2v) is 8.08. The second kappa shape index (κ2) is 10.6. The smallest absolute Gasteiger partial charge is 0.234 e. The summed E-state index contributed by atoms with van der Waals surface area (Å²) in [4.78, 5) is 41.9. The lowest BCUT2D eigenvalue weighted by Gasteiger charge is -2.34. The van der Waals surface area contributed by atoms with E-state index >= 15 is 0 Å². The fraction of sp³-hybridized carbons (Fsp3) is 0.571. The molecule has 1 aromatic carbocycles. The van der Waals surface area contributed by atoms with Crippen molar-refractivity contribution in [2.75, 3.05) is 52.4 Å². The summed E-state index contributed by atoms with van der Waals surface area (Å²) in [5.74, 6) is 0.325. The van der Waals surface area contributed by atoms with Gasteiger partial charge in [-0.25, -0.2) is 0 Å². The van der Waals surface area contributed by atoms with E-state index in [-0.39, 0.29) is 17.7 Å². The summed E-state index contributed by atoms with van der Waals surface area (Å²) in [6.07, 6.45) is 2.75. The van der Waals surface area contributed by atoms with Crippen LogP contribution in [0.5, 0.6) is 0 Å². The molecule has 0 aromatic heterocycles. The van der Waals surface area contributed by atoms with Gasteiger partial charge in [0.1, 0.15) is 0 Å². The Balaban J connectivity index is 1.29. The topological polar surface area (TPSA) is 73.0 Å². The van der Waals surface area contributed by atoms with Gasteiger partial charge in [0.2, 0.25) is 17.7 Å². The fourth-order valence-electron chi connectivity index (χ4n) is 3.74. The van der Waals surface area contributed by atoms with Gasteiger partial charge in [-0.15, -0.1) is 0 Å². The number of nitrogens with zero attached hydrogens (tertiary/aromatic N) is 3. The Kier molecular flexibility index (Phi) is 7.89. The van der Waals surface area contributed by atoms with Crippen LogP contribution in [0.4, 0.5) is 0 Å². The molecule has 2 aliphatic heterocycles. The molecular formula is C21H29ClN4O3. The maximum absolute atomic E-state index is 12.5. The molecule has 8 heteroatoms. The Morgan fingerprint density at radius 1 is 1.03 bits per heavy atom. The molecule has 0 atom stereocenters. The molecule has 2 heterocycles. The van der Waals surface area contributed by atoms with Gasteiger partial charge in [0.05, 0.1) is 13.0 Å². The van der Waals surface area contributed by atoms with Gasteiger partial charge in [-0.2, -0.15) is 0 Å². The molecule has 0 aliphatic carbocycles. The van der Waals surface area contributed by atoms with Crippen molar-refractivity contribution in [3.8, 4) is 0 Å². The van der Waals surface area contributed by atoms with E-state index in [1.54, 1.807) is 12.1 Å². The first-order chi connectivity index (χ1) is 14.0. The first kappa shape index (κ1) is 21.6. The van der Waals surface area contributed by atoms with Gasteiger partial charge in [-0.05, 0) is 30.5 Å². The summed E-state index contributed by atoms with van der Waals surface area (Å²) >= 11 is 5.88. The van der Waals surface area contributed by atoms with Crippen LogP contribution in [0.3, 0.4) is 0 Å². The number of amides is 3. The first-order valence-electron chi connectivity index (χ1n) is 10.3. The SMILES string of the molecule is O=C(CN1CCN(C(=O)Cc2ccc(Cl)cc2)CC1)NCCCN1CCCC1=O. The summed E-state index contributed by atoms with van der Waals surface area (Å²) in [5, 5.41) is 3.59. The van der Waals surface area contributed by atoms with Gasteiger partial charge in [0, 0.05) is 57.3 Å². The lowest BCUT2D eigenvalue weighted by Crippen LogP contribution is -2.51. The van der Waals surface area contributed by atoms with E-state index in [1.165, 1.54) is 0 Å². The first-order valence-corrected chi connectivity index (χ1v) is 10.7. The van der Waals surface area contributed by atoms with E-state index < -0.39 is 0 Å². The minimum atomic E-state index is -0.00121. The Morgan fingerprint density at radius 2 is 1.76 bits per heavy atom. The second-order valence-electron chi connectivity index (χ2n) is 7.65. The largest absolute Gasteiger partial charge is 0.355 e. The van der Waals surface area contributed by atoms with Crippen molar-refractivity contribution >= 4 is 29.3 Å². The maximum Gasteiger partial charge on any atom is 0.234 e.